The standard InChI is InChI=1S/C34H66O8/c1-15-25-27(34(13,14)41-20-17-30(5,6)37)23-38-28(25)26(33(11,12)40-19-16-29(3,4)36)22-32(9,10)39-21-18-31(7,8)42-24(2)35/h25-28,36-37H,15-23H2,1-14H3. The SMILES string of the molecule is CCC1C(C(CC(C)(C)OCCC(C)(C)OC(C)=O)C(C)(C)OCCC(C)(C)O)OCC1C(C)(C)OCCC(C)(C)O. The third-order valence-corrected chi connectivity index (χ3v) is 8.77. The molecule has 1 aliphatic heterocycles. The lowest BCUT2D eigenvalue weighted by molar-refractivity contribution is -0.160. The number of carbonyl (C=O) groups is 1. The fraction of sp³-hybridized carbons (Fsp3) is 0.971. The van der Waals surface area contributed by atoms with Crippen molar-refractivity contribution in [3.05, 3.63) is 0 Å². The molecule has 250 valence electrons. The van der Waals surface area contributed by atoms with Crippen molar-refractivity contribution in [2.24, 2.45) is 17.8 Å². The molecular formula is C34H66O8. The quantitative estimate of drug-likeness (QED) is 0.162. The van der Waals surface area contributed by atoms with E-state index in [9.17, 15) is 15.0 Å². The Hall–Kier alpha value is -0.770. The largest absolute Gasteiger partial charge is 0.460 e. The number of aliphatic hydroxyl groups is 2. The third-order valence-electron chi connectivity index (χ3n) is 8.77. The summed E-state index contributed by atoms with van der Waals surface area (Å²) in [6, 6.07) is 0. The Bertz CT molecular complexity index is 818. The summed E-state index contributed by atoms with van der Waals surface area (Å²) in [5.41, 5.74) is -3.66. The van der Waals surface area contributed by atoms with Gasteiger partial charge in [-0.15, -0.1) is 0 Å². The molecular weight excluding hydrogens is 536 g/mol. The minimum atomic E-state index is -0.811. The van der Waals surface area contributed by atoms with Crippen LogP contribution < -0.4 is 0 Å². The number of carbonyl (C=O) groups excluding carboxylic acids is 1. The highest BCUT2D eigenvalue weighted by Crippen LogP contribution is 2.47. The van der Waals surface area contributed by atoms with Crippen LogP contribution in [-0.4, -0.2) is 82.3 Å². The first kappa shape index (κ1) is 39.3. The van der Waals surface area contributed by atoms with Crippen LogP contribution in [0.5, 0.6) is 0 Å². The molecule has 0 aromatic rings. The maximum absolute atomic E-state index is 11.5. The van der Waals surface area contributed by atoms with E-state index in [1.807, 2.05) is 13.8 Å². The van der Waals surface area contributed by atoms with Crippen LogP contribution in [0.4, 0.5) is 0 Å². The van der Waals surface area contributed by atoms with Gasteiger partial charge in [0.15, 0.2) is 0 Å². The van der Waals surface area contributed by atoms with Gasteiger partial charge in [-0.1, -0.05) is 13.3 Å². The Morgan fingerprint density at radius 2 is 1.29 bits per heavy atom. The zero-order valence-corrected chi connectivity index (χ0v) is 29.5. The van der Waals surface area contributed by atoms with Gasteiger partial charge in [-0.25, -0.2) is 0 Å². The van der Waals surface area contributed by atoms with Gasteiger partial charge in [-0.3, -0.25) is 4.79 Å². The van der Waals surface area contributed by atoms with Gasteiger partial charge < -0.3 is 33.9 Å². The summed E-state index contributed by atoms with van der Waals surface area (Å²) >= 11 is 0. The van der Waals surface area contributed by atoms with Crippen molar-refractivity contribution in [1.29, 1.82) is 0 Å². The normalized spacial score (nSPS) is 22.0. The number of esters is 1. The van der Waals surface area contributed by atoms with E-state index in [0.29, 0.717) is 52.1 Å². The van der Waals surface area contributed by atoms with Gasteiger partial charge in [0.2, 0.25) is 0 Å². The van der Waals surface area contributed by atoms with Crippen LogP contribution in [0.1, 0.15) is 129 Å². The second-order valence-electron chi connectivity index (χ2n) is 16.0. The lowest BCUT2D eigenvalue weighted by Gasteiger charge is -2.44. The van der Waals surface area contributed by atoms with E-state index in [2.05, 4.69) is 48.5 Å². The Balaban J connectivity index is 3.19. The highest BCUT2D eigenvalue weighted by Gasteiger charge is 2.52. The molecule has 0 aliphatic carbocycles. The van der Waals surface area contributed by atoms with Gasteiger partial charge in [0.25, 0.3) is 0 Å². The Kier molecular flexibility index (Phi) is 14.0. The molecule has 1 heterocycles. The lowest BCUT2D eigenvalue weighted by Crippen LogP contribution is -2.49. The monoisotopic (exact) mass is 602 g/mol. The summed E-state index contributed by atoms with van der Waals surface area (Å²) in [5.74, 6) is 0.119. The van der Waals surface area contributed by atoms with Crippen LogP contribution >= 0.6 is 0 Å². The van der Waals surface area contributed by atoms with Crippen molar-refractivity contribution in [1.82, 2.24) is 0 Å². The first-order chi connectivity index (χ1) is 18.8. The van der Waals surface area contributed by atoms with E-state index in [4.69, 9.17) is 23.7 Å². The molecule has 42 heavy (non-hydrogen) atoms. The summed E-state index contributed by atoms with van der Waals surface area (Å²) in [7, 11) is 0. The molecule has 0 aromatic heterocycles. The van der Waals surface area contributed by atoms with E-state index < -0.39 is 33.6 Å². The van der Waals surface area contributed by atoms with Gasteiger partial charge in [0.05, 0.1) is 60.5 Å². The number of rotatable bonds is 19. The summed E-state index contributed by atoms with van der Waals surface area (Å²) in [5, 5.41) is 20.5. The van der Waals surface area contributed by atoms with Crippen molar-refractivity contribution in [2.75, 3.05) is 26.4 Å². The van der Waals surface area contributed by atoms with Gasteiger partial charge in [-0.05, 0) is 108 Å². The van der Waals surface area contributed by atoms with Gasteiger partial charge in [-0.2, -0.15) is 0 Å². The van der Waals surface area contributed by atoms with Crippen LogP contribution in [0.25, 0.3) is 0 Å². The predicted molar refractivity (Wildman–Crippen MR) is 168 cm³/mol. The molecule has 0 saturated carbocycles. The van der Waals surface area contributed by atoms with Crippen molar-refractivity contribution >= 4 is 5.97 Å². The summed E-state index contributed by atoms with van der Waals surface area (Å²) in [4.78, 5) is 11.5. The molecule has 0 aromatic carbocycles. The average molecular weight is 603 g/mol. The molecule has 1 fully saturated rings. The Morgan fingerprint density at radius 3 is 1.76 bits per heavy atom. The molecule has 0 spiro atoms. The van der Waals surface area contributed by atoms with Gasteiger partial charge >= 0.3 is 5.97 Å². The predicted octanol–water partition coefficient (Wildman–Crippen LogP) is 6.47. The molecule has 8 nitrogen and oxygen atoms in total. The van der Waals surface area contributed by atoms with E-state index in [0.717, 1.165) is 6.42 Å². The van der Waals surface area contributed by atoms with Crippen LogP contribution in [0.15, 0.2) is 0 Å². The Labute approximate surface area is 257 Å². The van der Waals surface area contributed by atoms with E-state index >= 15 is 0 Å². The first-order valence-corrected chi connectivity index (χ1v) is 16.0. The maximum Gasteiger partial charge on any atom is 0.303 e. The number of hydrogen-bond donors (Lipinski definition) is 2. The fourth-order valence-electron chi connectivity index (χ4n) is 6.04. The lowest BCUT2D eigenvalue weighted by atomic mass is 9.69. The van der Waals surface area contributed by atoms with E-state index in [1.165, 1.54) is 6.92 Å². The molecule has 1 aliphatic rings. The molecule has 8 heteroatoms. The molecule has 0 radical (unpaired) electrons. The van der Waals surface area contributed by atoms with Crippen LogP contribution in [0.2, 0.25) is 0 Å². The smallest absolute Gasteiger partial charge is 0.303 e. The highest BCUT2D eigenvalue weighted by molar-refractivity contribution is 5.66. The van der Waals surface area contributed by atoms with Gasteiger partial charge in [0, 0.05) is 25.2 Å². The Morgan fingerprint density at radius 1 is 0.786 bits per heavy atom. The molecule has 0 amide bonds. The summed E-state index contributed by atoms with van der Waals surface area (Å²) < 4.78 is 31.5. The summed E-state index contributed by atoms with van der Waals surface area (Å²) in [6.07, 6.45) is 3.24. The van der Waals surface area contributed by atoms with Crippen LogP contribution in [0.3, 0.4) is 0 Å². The molecule has 4 unspecified atom stereocenters. The van der Waals surface area contributed by atoms with Crippen molar-refractivity contribution in [3.8, 4) is 0 Å². The summed E-state index contributed by atoms with van der Waals surface area (Å²) in [6.45, 7) is 29.3. The van der Waals surface area contributed by atoms with E-state index in [-0.39, 0.29) is 29.8 Å². The third kappa shape index (κ3) is 13.9. The average Bonchev–Trinajstić information content (AvgIpc) is 3.18. The molecule has 2 N–H and O–H groups in total. The van der Waals surface area contributed by atoms with Crippen LogP contribution in [0, 0.1) is 17.8 Å². The highest BCUT2D eigenvalue weighted by atomic mass is 16.6. The second kappa shape index (κ2) is 15.0. The first-order valence-electron chi connectivity index (χ1n) is 16.0. The van der Waals surface area contributed by atoms with Crippen LogP contribution in [-0.2, 0) is 28.5 Å². The minimum absolute atomic E-state index is 0.00194. The molecule has 0 bridgehead atoms. The molecule has 1 saturated heterocycles. The topological polar surface area (TPSA) is 104 Å². The molecule has 1 rings (SSSR count). The number of ether oxygens (including phenoxy) is 5. The zero-order valence-electron chi connectivity index (χ0n) is 29.5. The van der Waals surface area contributed by atoms with Crippen molar-refractivity contribution < 1.29 is 38.7 Å². The number of hydrogen-bond acceptors (Lipinski definition) is 8. The fourth-order valence-corrected chi connectivity index (χ4v) is 6.04. The maximum atomic E-state index is 11.5. The molecule has 4 atom stereocenters. The van der Waals surface area contributed by atoms with Crippen molar-refractivity contribution in [2.45, 2.75) is 169 Å². The second-order valence-corrected chi connectivity index (χ2v) is 16.0. The van der Waals surface area contributed by atoms with Crippen molar-refractivity contribution in [3.63, 3.8) is 0 Å². The van der Waals surface area contributed by atoms with E-state index in [1.54, 1.807) is 27.7 Å². The van der Waals surface area contributed by atoms with Gasteiger partial charge in [0.1, 0.15) is 5.60 Å². The minimum Gasteiger partial charge on any atom is -0.460 e. The zero-order chi connectivity index (χ0) is 32.8.